The number of aryl methyl sites for hydroxylation is 1. The number of anilines is 1. The third kappa shape index (κ3) is 1.72. The van der Waals surface area contributed by atoms with Crippen LogP contribution in [0.1, 0.15) is 42.2 Å². The molecule has 1 aliphatic heterocycles. The largest absolute Gasteiger partial charge is 0.338 e. The predicted molar refractivity (Wildman–Crippen MR) is 65.2 cm³/mol. The van der Waals surface area contributed by atoms with Gasteiger partial charge in [-0.25, -0.2) is 9.97 Å². The van der Waals surface area contributed by atoms with Crippen molar-refractivity contribution in [3.05, 3.63) is 17.5 Å². The quantitative estimate of drug-likeness (QED) is 0.730. The molecule has 4 heteroatoms. The monoisotopic (exact) mass is 231 g/mol. The van der Waals surface area contributed by atoms with Crippen LogP contribution in [0.15, 0.2) is 6.20 Å². The van der Waals surface area contributed by atoms with Crippen LogP contribution in [0.25, 0.3) is 0 Å². The fourth-order valence-corrected chi connectivity index (χ4v) is 3.11. The van der Waals surface area contributed by atoms with Gasteiger partial charge in [0.1, 0.15) is 0 Å². The molecule has 1 aromatic heterocycles. The first-order valence-electron chi connectivity index (χ1n) is 6.26. The molecule has 2 heterocycles. The molecule has 0 aromatic carbocycles. The lowest BCUT2D eigenvalue weighted by Gasteiger charge is -2.27. The molecular formula is C13H17N3O. The molecule has 0 spiro atoms. The average Bonchev–Trinajstić information content (AvgIpc) is 2.89. The smallest absolute Gasteiger partial charge is 0.225 e. The van der Waals surface area contributed by atoms with Crippen LogP contribution < -0.4 is 4.90 Å². The Morgan fingerprint density at radius 3 is 2.82 bits per heavy atom. The summed E-state index contributed by atoms with van der Waals surface area (Å²) in [6, 6.07) is 0.627. The summed E-state index contributed by atoms with van der Waals surface area (Å²) < 4.78 is 0. The van der Waals surface area contributed by atoms with Gasteiger partial charge in [0.2, 0.25) is 5.95 Å². The van der Waals surface area contributed by atoms with Crippen molar-refractivity contribution in [2.45, 2.75) is 39.2 Å². The fraction of sp³-hybridized carbons (Fsp3) is 0.615. The Bertz CT molecular complexity index is 472. The van der Waals surface area contributed by atoms with E-state index in [2.05, 4.69) is 14.9 Å². The highest BCUT2D eigenvalue weighted by atomic mass is 16.1. The topological polar surface area (TPSA) is 46.1 Å². The van der Waals surface area contributed by atoms with Gasteiger partial charge in [0.05, 0.1) is 11.3 Å². The Labute approximate surface area is 101 Å². The van der Waals surface area contributed by atoms with E-state index in [1.54, 1.807) is 13.1 Å². The van der Waals surface area contributed by atoms with E-state index in [4.69, 9.17) is 0 Å². The Kier molecular flexibility index (Phi) is 2.38. The molecule has 3 rings (SSSR count). The predicted octanol–water partition coefficient (Wildman–Crippen LogP) is 1.98. The third-order valence-corrected chi connectivity index (χ3v) is 4.01. The van der Waals surface area contributed by atoms with Crippen molar-refractivity contribution in [1.82, 2.24) is 9.97 Å². The second-order valence-electron chi connectivity index (χ2n) is 5.21. The molecule has 0 unspecified atom stereocenters. The molecule has 17 heavy (non-hydrogen) atoms. The van der Waals surface area contributed by atoms with Crippen molar-refractivity contribution in [2.24, 2.45) is 5.92 Å². The zero-order valence-electron chi connectivity index (χ0n) is 10.3. The van der Waals surface area contributed by atoms with Gasteiger partial charge in [-0.05, 0) is 39.0 Å². The fourth-order valence-electron chi connectivity index (χ4n) is 3.11. The Hall–Kier alpha value is -1.45. The van der Waals surface area contributed by atoms with E-state index in [1.807, 2.05) is 6.92 Å². The van der Waals surface area contributed by atoms with E-state index in [1.165, 1.54) is 19.3 Å². The van der Waals surface area contributed by atoms with E-state index in [0.29, 0.717) is 11.6 Å². The second kappa shape index (κ2) is 3.79. The number of hydrogen-bond acceptors (Lipinski definition) is 4. The number of carbonyl (C=O) groups excluding carboxylic acids is 1. The molecule has 2 bridgehead atoms. The van der Waals surface area contributed by atoms with Crippen LogP contribution in [0.3, 0.4) is 0 Å². The molecular weight excluding hydrogens is 214 g/mol. The minimum absolute atomic E-state index is 0.0389. The lowest BCUT2D eigenvalue weighted by Crippen LogP contribution is -2.33. The van der Waals surface area contributed by atoms with E-state index >= 15 is 0 Å². The Morgan fingerprint density at radius 2 is 2.29 bits per heavy atom. The average molecular weight is 231 g/mol. The zero-order chi connectivity index (χ0) is 12.0. The van der Waals surface area contributed by atoms with E-state index in [0.717, 1.165) is 24.1 Å². The highest BCUT2D eigenvalue weighted by molar-refractivity contribution is 5.94. The highest BCUT2D eigenvalue weighted by Gasteiger charge is 2.39. The lowest BCUT2D eigenvalue weighted by atomic mass is 10.1. The van der Waals surface area contributed by atoms with Crippen molar-refractivity contribution in [3.8, 4) is 0 Å². The van der Waals surface area contributed by atoms with Crippen molar-refractivity contribution in [2.75, 3.05) is 11.4 Å². The van der Waals surface area contributed by atoms with Gasteiger partial charge in [-0.2, -0.15) is 0 Å². The summed E-state index contributed by atoms with van der Waals surface area (Å²) in [5, 5.41) is 0. The molecule has 4 nitrogen and oxygen atoms in total. The second-order valence-corrected chi connectivity index (χ2v) is 5.21. The van der Waals surface area contributed by atoms with Gasteiger partial charge in [0.25, 0.3) is 0 Å². The summed E-state index contributed by atoms with van der Waals surface area (Å²) in [6.45, 7) is 4.53. The van der Waals surface area contributed by atoms with E-state index < -0.39 is 0 Å². The number of aromatic nitrogens is 2. The van der Waals surface area contributed by atoms with Gasteiger partial charge >= 0.3 is 0 Å². The first kappa shape index (κ1) is 10.7. The Morgan fingerprint density at radius 1 is 1.47 bits per heavy atom. The van der Waals surface area contributed by atoms with Crippen LogP contribution in [-0.2, 0) is 0 Å². The summed E-state index contributed by atoms with van der Waals surface area (Å²) in [5.74, 6) is 1.67. The number of carbonyl (C=O) groups is 1. The van der Waals surface area contributed by atoms with Crippen LogP contribution in [0.5, 0.6) is 0 Å². The molecule has 1 aromatic rings. The minimum Gasteiger partial charge on any atom is -0.338 e. The number of piperidine rings is 1. The molecule has 0 radical (unpaired) electrons. The SMILES string of the molecule is CC(=O)c1cnc(N2C[C@H]3CC[C@H]2C3)nc1C. The molecule has 90 valence electrons. The molecule has 0 N–H and O–H groups in total. The molecule has 0 amide bonds. The number of nitrogens with zero attached hydrogens (tertiary/aromatic N) is 3. The maximum atomic E-state index is 11.3. The summed E-state index contributed by atoms with van der Waals surface area (Å²) in [6.07, 6.45) is 5.58. The summed E-state index contributed by atoms with van der Waals surface area (Å²) in [5.41, 5.74) is 1.43. The van der Waals surface area contributed by atoms with Crippen LogP contribution in [-0.4, -0.2) is 28.3 Å². The van der Waals surface area contributed by atoms with Crippen molar-refractivity contribution in [3.63, 3.8) is 0 Å². The normalized spacial score (nSPS) is 26.6. The standard InChI is InChI=1S/C13H17N3O/c1-8-12(9(2)17)6-14-13(15-8)16-7-10-3-4-11(16)5-10/h6,10-11H,3-5,7H2,1-2H3/t10-,11-/m0/s1. The van der Waals surface area contributed by atoms with Crippen LogP contribution in [0, 0.1) is 12.8 Å². The first-order chi connectivity index (χ1) is 8.15. The number of rotatable bonds is 2. The van der Waals surface area contributed by atoms with Gasteiger partial charge in [0, 0.05) is 18.8 Å². The van der Waals surface area contributed by atoms with Gasteiger partial charge in [0.15, 0.2) is 5.78 Å². The van der Waals surface area contributed by atoms with Crippen LogP contribution >= 0.6 is 0 Å². The van der Waals surface area contributed by atoms with Crippen molar-refractivity contribution >= 4 is 11.7 Å². The summed E-state index contributed by atoms with van der Waals surface area (Å²) in [7, 11) is 0. The number of hydrogen-bond donors (Lipinski definition) is 0. The van der Waals surface area contributed by atoms with Crippen LogP contribution in [0.2, 0.25) is 0 Å². The Balaban J connectivity index is 1.89. The minimum atomic E-state index is 0.0389. The molecule has 1 aliphatic carbocycles. The third-order valence-electron chi connectivity index (χ3n) is 4.01. The molecule has 2 aliphatic rings. The van der Waals surface area contributed by atoms with Crippen molar-refractivity contribution < 1.29 is 4.79 Å². The number of Topliss-reactive ketones (excluding diaryl/α,β-unsaturated/α-hetero) is 1. The highest BCUT2D eigenvalue weighted by Crippen LogP contribution is 2.38. The first-order valence-corrected chi connectivity index (χ1v) is 6.26. The van der Waals surface area contributed by atoms with Gasteiger partial charge in [-0.1, -0.05) is 0 Å². The van der Waals surface area contributed by atoms with E-state index in [-0.39, 0.29) is 5.78 Å². The van der Waals surface area contributed by atoms with Crippen molar-refractivity contribution in [1.29, 1.82) is 0 Å². The zero-order valence-corrected chi connectivity index (χ0v) is 10.3. The lowest BCUT2D eigenvalue weighted by molar-refractivity contribution is 0.101. The van der Waals surface area contributed by atoms with Gasteiger partial charge in [-0.15, -0.1) is 0 Å². The summed E-state index contributed by atoms with van der Waals surface area (Å²) in [4.78, 5) is 22.5. The maximum Gasteiger partial charge on any atom is 0.225 e. The molecule has 1 saturated carbocycles. The molecule has 2 fully saturated rings. The van der Waals surface area contributed by atoms with Crippen LogP contribution in [0.4, 0.5) is 5.95 Å². The molecule has 2 atom stereocenters. The maximum absolute atomic E-state index is 11.3. The number of ketones is 1. The number of fused-ring (bicyclic) bond motifs is 2. The van der Waals surface area contributed by atoms with Gasteiger partial charge < -0.3 is 4.90 Å². The summed E-state index contributed by atoms with van der Waals surface area (Å²) >= 11 is 0. The van der Waals surface area contributed by atoms with E-state index in [9.17, 15) is 4.79 Å². The molecule has 1 saturated heterocycles. The van der Waals surface area contributed by atoms with Gasteiger partial charge in [-0.3, -0.25) is 4.79 Å².